The molecule has 0 aliphatic heterocycles. The van der Waals surface area contributed by atoms with E-state index in [2.05, 4.69) is 5.32 Å². The maximum absolute atomic E-state index is 12.6. The Kier molecular flexibility index (Phi) is 4.94. The number of hydrogen-bond acceptors (Lipinski definition) is 3. The molecule has 106 valence electrons. The highest BCUT2D eigenvalue weighted by atomic mass is 32.2. The van der Waals surface area contributed by atoms with Crippen LogP contribution in [0.15, 0.2) is 0 Å². The van der Waals surface area contributed by atoms with Crippen LogP contribution in [0.3, 0.4) is 0 Å². The summed E-state index contributed by atoms with van der Waals surface area (Å²) in [5.74, 6) is -1.14. The highest BCUT2D eigenvalue weighted by molar-refractivity contribution is 7.99. The van der Waals surface area contributed by atoms with Gasteiger partial charge in [-0.05, 0) is 26.0 Å². The van der Waals surface area contributed by atoms with Crippen molar-refractivity contribution >= 4 is 17.7 Å². The van der Waals surface area contributed by atoms with Crippen molar-refractivity contribution in [3.63, 3.8) is 0 Å². The second-order valence-corrected chi connectivity index (χ2v) is 5.92. The first kappa shape index (κ1) is 15.6. The lowest BCUT2D eigenvalue weighted by Crippen LogP contribution is -2.63. The zero-order valence-corrected chi connectivity index (χ0v) is 11.3. The molecule has 1 saturated carbocycles. The summed E-state index contributed by atoms with van der Waals surface area (Å²) in [5, 5.41) is 2.63. The van der Waals surface area contributed by atoms with Crippen LogP contribution in [0.2, 0.25) is 0 Å². The molecule has 0 heterocycles. The number of rotatable bonds is 3. The molecule has 1 amide bonds. The Morgan fingerprint density at radius 1 is 1.33 bits per heavy atom. The largest absolute Gasteiger partial charge is 0.415 e. The average molecular weight is 284 g/mol. The Bertz CT molecular complexity index is 307. The summed E-state index contributed by atoms with van der Waals surface area (Å²) in [5.41, 5.74) is 2.27. The smallest absolute Gasteiger partial charge is 0.350 e. The molecule has 0 bridgehead atoms. The van der Waals surface area contributed by atoms with Gasteiger partial charge in [-0.15, -0.1) is 0 Å². The van der Waals surface area contributed by atoms with Gasteiger partial charge in [-0.3, -0.25) is 4.79 Å². The second-order valence-electron chi connectivity index (χ2n) is 4.84. The van der Waals surface area contributed by atoms with Gasteiger partial charge in [0.25, 0.3) is 0 Å². The standard InChI is InChI=1S/C11H19F3N2OS/c1-10(15,11(12,13)14)9(17)16-7-5-3-4-6-8(7)18-2/h7-8H,3-6,15H2,1-2H3,(H,16,17). The van der Waals surface area contributed by atoms with Gasteiger partial charge in [0.15, 0.2) is 5.54 Å². The first-order valence-electron chi connectivity index (χ1n) is 5.89. The molecule has 0 aromatic carbocycles. The Labute approximate surface area is 109 Å². The van der Waals surface area contributed by atoms with Gasteiger partial charge in [0.2, 0.25) is 5.91 Å². The topological polar surface area (TPSA) is 55.1 Å². The lowest BCUT2D eigenvalue weighted by atomic mass is 9.93. The molecular formula is C11H19F3N2OS. The summed E-state index contributed by atoms with van der Waals surface area (Å²) < 4.78 is 37.9. The minimum Gasteiger partial charge on any atom is -0.350 e. The Morgan fingerprint density at radius 2 is 1.89 bits per heavy atom. The van der Waals surface area contributed by atoms with Crippen molar-refractivity contribution < 1.29 is 18.0 Å². The third-order valence-electron chi connectivity index (χ3n) is 3.38. The maximum atomic E-state index is 12.6. The van der Waals surface area contributed by atoms with Crippen molar-refractivity contribution in [2.75, 3.05) is 6.26 Å². The number of carbonyl (C=O) groups is 1. The van der Waals surface area contributed by atoms with E-state index in [-0.39, 0.29) is 11.3 Å². The van der Waals surface area contributed by atoms with E-state index in [0.717, 1.165) is 19.3 Å². The van der Waals surface area contributed by atoms with Gasteiger partial charge in [-0.25, -0.2) is 0 Å². The van der Waals surface area contributed by atoms with E-state index in [9.17, 15) is 18.0 Å². The summed E-state index contributed by atoms with van der Waals surface area (Å²) >= 11 is 1.58. The van der Waals surface area contributed by atoms with Crippen molar-refractivity contribution in [1.29, 1.82) is 0 Å². The number of nitrogens with one attached hydrogen (secondary N) is 1. The number of carbonyl (C=O) groups excluding carboxylic acids is 1. The lowest BCUT2D eigenvalue weighted by Gasteiger charge is -2.34. The molecule has 0 saturated heterocycles. The van der Waals surface area contributed by atoms with E-state index < -0.39 is 17.6 Å². The molecule has 0 spiro atoms. The first-order chi connectivity index (χ1) is 8.20. The minimum absolute atomic E-state index is 0.173. The predicted molar refractivity (Wildman–Crippen MR) is 66.3 cm³/mol. The quantitative estimate of drug-likeness (QED) is 0.834. The van der Waals surface area contributed by atoms with E-state index in [4.69, 9.17) is 5.73 Å². The van der Waals surface area contributed by atoms with Crippen LogP contribution in [0, 0.1) is 0 Å². The van der Waals surface area contributed by atoms with Crippen molar-refractivity contribution in [1.82, 2.24) is 5.32 Å². The summed E-state index contributed by atoms with van der Waals surface area (Å²) in [6, 6.07) is -0.216. The van der Waals surface area contributed by atoms with Gasteiger partial charge in [0.05, 0.1) is 0 Å². The van der Waals surface area contributed by atoms with E-state index in [0.29, 0.717) is 13.3 Å². The molecule has 3 nitrogen and oxygen atoms in total. The number of nitrogens with two attached hydrogens (primary N) is 1. The van der Waals surface area contributed by atoms with Crippen LogP contribution in [0.25, 0.3) is 0 Å². The maximum Gasteiger partial charge on any atom is 0.415 e. The van der Waals surface area contributed by atoms with E-state index in [1.54, 1.807) is 11.8 Å². The van der Waals surface area contributed by atoms with E-state index >= 15 is 0 Å². The highest BCUT2D eigenvalue weighted by Gasteiger charge is 2.54. The molecular weight excluding hydrogens is 265 g/mol. The zero-order chi connectivity index (χ0) is 14.0. The molecule has 1 rings (SSSR count). The first-order valence-corrected chi connectivity index (χ1v) is 7.18. The third kappa shape index (κ3) is 3.32. The number of thioether (sulfide) groups is 1. The number of hydrogen-bond donors (Lipinski definition) is 2. The molecule has 3 N–H and O–H groups in total. The van der Waals surface area contributed by atoms with Crippen molar-refractivity contribution in [3.8, 4) is 0 Å². The van der Waals surface area contributed by atoms with Crippen LogP contribution >= 0.6 is 11.8 Å². The minimum atomic E-state index is -4.74. The summed E-state index contributed by atoms with van der Waals surface area (Å²) in [6.45, 7) is 0.708. The molecule has 0 radical (unpaired) electrons. The number of amides is 1. The Hall–Kier alpha value is -0.430. The van der Waals surface area contributed by atoms with Gasteiger partial charge in [0, 0.05) is 11.3 Å². The highest BCUT2D eigenvalue weighted by Crippen LogP contribution is 2.30. The van der Waals surface area contributed by atoms with Gasteiger partial charge in [-0.2, -0.15) is 24.9 Å². The SMILES string of the molecule is CSC1CCCCC1NC(=O)C(C)(N)C(F)(F)F. The molecule has 0 aromatic heterocycles. The monoisotopic (exact) mass is 284 g/mol. The third-order valence-corrected chi connectivity index (χ3v) is 4.55. The van der Waals surface area contributed by atoms with Crippen LogP contribution < -0.4 is 11.1 Å². The Balaban J connectivity index is 2.69. The van der Waals surface area contributed by atoms with Gasteiger partial charge in [0.1, 0.15) is 0 Å². The summed E-state index contributed by atoms with van der Waals surface area (Å²) in [4.78, 5) is 11.7. The van der Waals surface area contributed by atoms with Crippen molar-refractivity contribution in [2.24, 2.45) is 5.73 Å². The van der Waals surface area contributed by atoms with E-state index in [1.165, 1.54) is 0 Å². The Morgan fingerprint density at radius 3 is 2.39 bits per heavy atom. The normalized spacial score (nSPS) is 28.6. The van der Waals surface area contributed by atoms with Crippen LogP contribution in [0.1, 0.15) is 32.6 Å². The van der Waals surface area contributed by atoms with Crippen LogP contribution in [0.4, 0.5) is 13.2 Å². The average Bonchev–Trinajstić information content (AvgIpc) is 2.28. The molecule has 1 aliphatic carbocycles. The van der Waals surface area contributed by atoms with Gasteiger partial charge in [-0.1, -0.05) is 12.8 Å². The van der Waals surface area contributed by atoms with Crippen LogP contribution in [-0.4, -0.2) is 35.2 Å². The van der Waals surface area contributed by atoms with Gasteiger partial charge >= 0.3 is 6.18 Å². The van der Waals surface area contributed by atoms with Crippen molar-refractivity contribution in [3.05, 3.63) is 0 Å². The molecule has 0 aromatic rings. The zero-order valence-electron chi connectivity index (χ0n) is 10.5. The fraction of sp³-hybridized carbons (Fsp3) is 0.909. The van der Waals surface area contributed by atoms with Crippen LogP contribution in [0.5, 0.6) is 0 Å². The molecule has 3 atom stereocenters. The molecule has 18 heavy (non-hydrogen) atoms. The lowest BCUT2D eigenvalue weighted by molar-refractivity contribution is -0.187. The van der Waals surface area contributed by atoms with Crippen molar-refractivity contribution in [2.45, 2.75) is 55.6 Å². The van der Waals surface area contributed by atoms with E-state index in [1.807, 2.05) is 6.26 Å². The summed E-state index contributed by atoms with van der Waals surface area (Å²) in [6.07, 6.45) is 0.776. The fourth-order valence-electron chi connectivity index (χ4n) is 1.99. The molecule has 7 heteroatoms. The molecule has 3 unspecified atom stereocenters. The molecule has 1 aliphatic rings. The predicted octanol–water partition coefficient (Wildman–Crippen LogP) is 2.06. The molecule has 1 fully saturated rings. The van der Waals surface area contributed by atoms with Gasteiger partial charge < -0.3 is 11.1 Å². The number of alkyl halides is 3. The fourth-order valence-corrected chi connectivity index (χ4v) is 2.93. The summed E-state index contributed by atoms with van der Waals surface area (Å²) in [7, 11) is 0. The van der Waals surface area contributed by atoms with Crippen LogP contribution in [-0.2, 0) is 4.79 Å². The second kappa shape index (κ2) is 5.69. The number of halogens is 3.